The molecule has 0 unspecified atom stereocenters. The highest BCUT2D eigenvalue weighted by atomic mass is 16.3. The molecule has 5 rings (SSSR count). The Morgan fingerprint density at radius 3 is 2.66 bits per heavy atom. The molecule has 1 heterocycles. The van der Waals surface area contributed by atoms with Gasteiger partial charge in [0.15, 0.2) is 0 Å². The predicted octanol–water partition coefficient (Wildman–Crippen LogP) is 4.40. The second kappa shape index (κ2) is 9.42. The van der Waals surface area contributed by atoms with Crippen molar-refractivity contribution >= 4 is 11.7 Å². The average Bonchev–Trinajstić information content (AvgIpc) is 3.18. The van der Waals surface area contributed by atoms with Crippen LogP contribution in [-0.4, -0.2) is 44.5 Å². The number of anilines is 1. The van der Waals surface area contributed by atoms with Crippen molar-refractivity contribution in [2.45, 2.75) is 96.9 Å². The number of rotatable bonds is 5. The summed E-state index contributed by atoms with van der Waals surface area (Å²) in [6.07, 6.45) is 8.17. The third kappa shape index (κ3) is 4.23. The van der Waals surface area contributed by atoms with Gasteiger partial charge in [-0.05, 0) is 110 Å². The number of carbonyl (C=O) groups excluding carboxylic acids is 1. The van der Waals surface area contributed by atoms with Crippen molar-refractivity contribution in [1.29, 1.82) is 0 Å². The third-order valence-electron chi connectivity index (χ3n) is 11.3. The molecule has 194 valence electrons. The minimum atomic E-state index is -0.388. The summed E-state index contributed by atoms with van der Waals surface area (Å²) in [7, 11) is 0. The first-order valence-corrected chi connectivity index (χ1v) is 13.9. The maximum absolute atomic E-state index is 12.5. The van der Waals surface area contributed by atoms with Gasteiger partial charge >= 0.3 is 0 Å². The lowest BCUT2D eigenvalue weighted by Crippen LogP contribution is -2.62. The minimum Gasteiger partial charge on any atom is -0.393 e. The van der Waals surface area contributed by atoms with Crippen molar-refractivity contribution in [1.82, 2.24) is 4.98 Å². The molecule has 1 aromatic rings. The Balaban J connectivity index is 1.29. The SMILES string of the molecule is C[C@H](CCC(=O)Nc1ccccn1)[C@@H]1CC[C@@H]2[C@@H]3[C@H](O)C[C@H]4C[C@H](O)CC[C@]4(C)[C@@H]3C[C@H](O)[C@@]21C. The van der Waals surface area contributed by atoms with Gasteiger partial charge in [0.2, 0.25) is 5.91 Å². The van der Waals surface area contributed by atoms with E-state index in [1.54, 1.807) is 12.3 Å². The molecule has 4 N–H and O–H groups in total. The summed E-state index contributed by atoms with van der Waals surface area (Å²) in [5, 5.41) is 36.3. The summed E-state index contributed by atoms with van der Waals surface area (Å²) in [5.41, 5.74) is -0.130. The molecule has 6 nitrogen and oxygen atoms in total. The van der Waals surface area contributed by atoms with Gasteiger partial charge in [-0.15, -0.1) is 0 Å². The van der Waals surface area contributed by atoms with Crippen LogP contribution >= 0.6 is 0 Å². The Labute approximate surface area is 209 Å². The number of hydrogen-bond donors (Lipinski definition) is 4. The predicted molar refractivity (Wildman–Crippen MR) is 135 cm³/mol. The standard InChI is InChI=1S/C29H44N2O4/c1-17(7-10-26(35)31-25-6-4-5-13-30-25)20-8-9-21-27-22(16-24(34)29(20,21)3)28(2)12-11-19(32)14-18(28)15-23(27)33/h4-6,13,17-24,27,32-34H,7-12,14-16H2,1-3H3,(H,30,31,35)/t17-,18-,19-,20+,21-,22-,23-,24+,27+,28+,29-/m1/s1. The van der Waals surface area contributed by atoms with E-state index in [-0.39, 0.29) is 41.0 Å². The van der Waals surface area contributed by atoms with Crippen molar-refractivity contribution in [3.05, 3.63) is 24.4 Å². The second-order valence-electron chi connectivity index (χ2n) is 12.8. The van der Waals surface area contributed by atoms with Crippen molar-refractivity contribution in [3.8, 4) is 0 Å². The van der Waals surface area contributed by atoms with E-state index >= 15 is 0 Å². The van der Waals surface area contributed by atoms with Crippen molar-refractivity contribution < 1.29 is 20.1 Å². The Morgan fingerprint density at radius 2 is 1.91 bits per heavy atom. The molecule has 6 heteroatoms. The zero-order chi connectivity index (χ0) is 25.0. The lowest BCUT2D eigenvalue weighted by Gasteiger charge is -2.63. The highest BCUT2D eigenvalue weighted by molar-refractivity contribution is 5.89. The summed E-state index contributed by atoms with van der Waals surface area (Å²) in [6.45, 7) is 6.88. The van der Waals surface area contributed by atoms with Crippen LogP contribution in [0.4, 0.5) is 5.82 Å². The van der Waals surface area contributed by atoms with Gasteiger partial charge in [-0.3, -0.25) is 4.79 Å². The van der Waals surface area contributed by atoms with Crippen LogP contribution in [0.1, 0.15) is 78.6 Å². The summed E-state index contributed by atoms with van der Waals surface area (Å²) < 4.78 is 0. The van der Waals surface area contributed by atoms with Gasteiger partial charge in [0.25, 0.3) is 0 Å². The Kier molecular flexibility index (Phi) is 6.77. The van der Waals surface area contributed by atoms with Crippen LogP contribution < -0.4 is 5.32 Å². The largest absolute Gasteiger partial charge is 0.393 e. The molecule has 0 aromatic carbocycles. The number of aliphatic hydroxyl groups is 3. The maximum Gasteiger partial charge on any atom is 0.225 e. The number of aromatic nitrogens is 1. The van der Waals surface area contributed by atoms with Crippen molar-refractivity contribution in [2.75, 3.05) is 5.32 Å². The molecular weight excluding hydrogens is 440 g/mol. The fourth-order valence-electron chi connectivity index (χ4n) is 9.33. The quantitative estimate of drug-likeness (QED) is 0.496. The molecule has 4 saturated carbocycles. The maximum atomic E-state index is 12.5. The van der Waals surface area contributed by atoms with Crippen LogP contribution in [0, 0.1) is 46.3 Å². The lowest BCUT2D eigenvalue weighted by atomic mass is 9.43. The zero-order valence-corrected chi connectivity index (χ0v) is 21.6. The topological polar surface area (TPSA) is 103 Å². The summed E-state index contributed by atoms with van der Waals surface area (Å²) in [5.74, 6) is 2.43. The molecule has 1 amide bonds. The van der Waals surface area contributed by atoms with E-state index in [0.29, 0.717) is 41.8 Å². The number of carbonyl (C=O) groups is 1. The zero-order valence-electron chi connectivity index (χ0n) is 21.6. The molecular formula is C29H44N2O4. The van der Waals surface area contributed by atoms with E-state index in [1.807, 2.05) is 12.1 Å². The number of nitrogens with zero attached hydrogens (tertiary/aromatic N) is 1. The Hall–Kier alpha value is -1.50. The molecule has 4 aliphatic rings. The van der Waals surface area contributed by atoms with Gasteiger partial charge in [0.1, 0.15) is 5.82 Å². The monoisotopic (exact) mass is 484 g/mol. The van der Waals surface area contributed by atoms with Crippen LogP contribution in [0.5, 0.6) is 0 Å². The van der Waals surface area contributed by atoms with Gasteiger partial charge in [-0.1, -0.05) is 26.8 Å². The van der Waals surface area contributed by atoms with Crippen LogP contribution in [0.25, 0.3) is 0 Å². The molecule has 11 atom stereocenters. The third-order valence-corrected chi connectivity index (χ3v) is 11.3. The summed E-state index contributed by atoms with van der Waals surface area (Å²) in [6, 6.07) is 5.49. The molecule has 4 aliphatic carbocycles. The van der Waals surface area contributed by atoms with E-state index < -0.39 is 0 Å². The second-order valence-corrected chi connectivity index (χ2v) is 12.8. The number of amides is 1. The summed E-state index contributed by atoms with van der Waals surface area (Å²) in [4.78, 5) is 16.7. The lowest BCUT2D eigenvalue weighted by molar-refractivity contribution is -0.207. The molecule has 0 saturated heterocycles. The normalized spacial score (nSPS) is 45.7. The fraction of sp³-hybridized carbons (Fsp3) is 0.793. The van der Waals surface area contributed by atoms with Crippen molar-refractivity contribution in [3.63, 3.8) is 0 Å². The van der Waals surface area contributed by atoms with Crippen LogP contribution in [0.3, 0.4) is 0 Å². The first-order valence-electron chi connectivity index (χ1n) is 13.9. The highest BCUT2D eigenvalue weighted by Crippen LogP contribution is 2.68. The van der Waals surface area contributed by atoms with Gasteiger partial charge in [-0.2, -0.15) is 0 Å². The Morgan fingerprint density at radius 1 is 1.11 bits per heavy atom. The average molecular weight is 485 g/mol. The van der Waals surface area contributed by atoms with Crippen LogP contribution in [0.15, 0.2) is 24.4 Å². The van der Waals surface area contributed by atoms with Crippen LogP contribution in [0.2, 0.25) is 0 Å². The number of hydrogen-bond acceptors (Lipinski definition) is 5. The van der Waals surface area contributed by atoms with Gasteiger partial charge in [0, 0.05) is 12.6 Å². The Bertz CT molecular complexity index is 911. The number of pyridine rings is 1. The van der Waals surface area contributed by atoms with Crippen LogP contribution in [-0.2, 0) is 4.79 Å². The first kappa shape index (κ1) is 25.2. The first-order chi connectivity index (χ1) is 16.6. The van der Waals surface area contributed by atoms with E-state index in [0.717, 1.165) is 51.4 Å². The van der Waals surface area contributed by atoms with Gasteiger partial charge in [0.05, 0.1) is 18.3 Å². The van der Waals surface area contributed by atoms with E-state index in [4.69, 9.17) is 0 Å². The molecule has 0 spiro atoms. The van der Waals surface area contributed by atoms with E-state index in [2.05, 4.69) is 31.1 Å². The smallest absolute Gasteiger partial charge is 0.225 e. The molecule has 1 aromatic heterocycles. The number of aliphatic hydroxyl groups excluding tert-OH is 3. The fourth-order valence-corrected chi connectivity index (χ4v) is 9.33. The molecule has 35 heavy (non-hydrogen) atoms. The van der Waals surface area contributed by atoms with Gasteiger partial charge < -0.3 is 20.6 Å². The number of nitrogens with one attached hydrogen (secondary N) is 1. The highest BCUT2D eigenvalue weighted by Gasteiger charge is 2.65. The van der Waals surface area contributed by atoms with Gasteiger partial charge in [-0.25, -0.2) is 4.98 Å². The van der Waals surface area contributed by atoms with E-state index in [1.165, 1.54) is 0 Å². The molecule has 0 bridgehead atoms. The minimum absolute atomic E-state index is 0.0133. The van der Waals surface area contributed by atoms with E-state index in [9.17, 15) is 20.1 Å². The molecule has 4 fully saturated rings. The molecule has 0 aliphatic heterocycles. The molecule has 0 radical (unpaired) electrons. The number of fused-ring (bicyclic) bond motifs is 5. The van der Waals surface area contributed by atoms with Crippen molar-refractivity contribution in [2.24, 2.45) is 46.3 Å². The summed E-state index contributed by atoms with van der Waals surface area (Å²) >= 11 is 0.